The van der Waals surface area contributed by atoms with E-state index in [1.165, 1.54) is 19.3 Å². The minimum atomic E-state index is -0.147. The first kappa shape index (κ1) is 12.1. The zero-order valence-electron chi connectivity index (χ0n) is 9.52. The third-order valence-corrected chi connectivity index (χ3v) is 4.01. The van der Waals surface area contributed by atoms with Crippen LogP contribution in [0.1, 0.15) is 30.4 Å². The Kier molecular flexibility index (Phi) is 3.98. The Morgan fingerprint density at radius 1 is 1.44 bits per heavy atom. The Morgan fingerprint density at radius 2 is 2.25 bits per heavy atom. The van der Waals surface area contributed by atoms with Crippen molar-refractivity contribution in [2.45, 2.75) is 38.6 Å². The number of piperidine rings is 1. The van der Waals surface area contributed by atoms with Gasteiger partial charge in [0.1, 0.15) is 5.82 Å². The van der Waals surface area contributed by atoms with E-state index in [1.807, 2.05) is 6.92 Å². The molecule has 0 spiro atoms. The number of hydrogen-bond donors (Lipinski definition) is 1. The van der Waals surface area contributed by atoms with Crippen molar-refractivity contribution in [1.29, 1.82) is 0 Å². The van der Waals surface area contributed by atoms with Crippen LogP contribution in [0.4, 0.5) is 4.39 Å². The molecule has 1 nitrogen and oxygen atoms in total. The van der Waals surface area contributed by atoms with E-state index in [9.17, 15) is 4.39 Å². The Hall–Kier alpha value is -0.410. The largest absolute Gasteiger partial charge is 0.314 e. The highest BCUT2D eigenvalue weighted by Crippen LogP contribution is 2.25. The molecular weight excluding hydrogens is 269 g/mol. The molecule has 0 amide bonds. The topological polar surface area (TPSA) is 12.0 Å². The molecule has 1 aliphatic heterocycles. The Balaban J connectivity index is 2.13. The molecule has 1 heterocycles. The van der Waals surface area contributed by atoms with Crippen LogP contribution in [-0.2, 0) is 6.42 Å². The lowest BCUT2D eigenvalue weighted by Gasteiger charge is -2.24. The maximum Gasteiger partial charge on any atom is 0.137 e. The zero-order chi connectivity index (χ0) is 11.5. The van der Waals surface area contributed by atoms with Crippen LogP contribution in [0.3, 0.4) is 0 Å². The summed E-state index contributed by atoms with van der Waals surface area (Å²) in [5.41, 5.74) is 2.07. The number of halogens is 2. The van der Waals surface area contributed by atoms with Gasteiger partial charge in [0.15, 0.2) is 0 Å². The highest BCUT2D eigenvalue weighted by atomic mass is 79.9. The maximum absolute atomic E-state index is 13.5. The molecule has 0 saturated carbocycles. The van der Waals surface area contributed by atoms with Crippen LogP contribution in [0.25, 0.3) is 0 Å². The first-order chi connectivity index (χ1) is 7.66. The molecule has 0 aliphatic carbocycles. The van der Waals surface area contributed by atoms with Crippen molar-refractivity contribution in [2.75, 3.05) is 6.54 Å². The van der Waals surface area contributed by atoms with Crippen LogP contribution in [0.5, 0.6) is 0 Å². The molecule has 1 aliphatic rings. The van der Waals surface area contributed by atoms with Gasteiger partial charge in [0, 0.05) is 6.04 Å². The van der Waals surface area contributed by atoms with Crippen LogP contribution in [0.15, 0.2) is 16.6 Å². The van der Waals surface area contributed by atoms with E-state index in [0.717, 1.165) is 24.1 Å². The first-order valence-corrected chi connectivity index (χ1v) is 6.64. The van der Waals surface area contributed by atoms with E-state index >= 15 is 0 Å². The van der Waals surface area contributed by atoms with Crippen LogP contribution < -0.4 is 5.32 Å². The Bertz CT molecular complexity index is 372. The number of rotatable bonds is 2. The average molecular weight is 286 g/mol. The molecule has 16 heavy (non-hydrogen) atoms. The van der Waals surface area contributed by atoms with Crippen molar-refractivity contribution >= 4 is 15.9 Å². The minimum absolute atomic E-state index is 0.147. The van der Waals surface area contributed by atoms with Crippen molar-refractivity contribution in [3.05, 3.63) is 33.5 Å². The fraction of sp³-hybridized carbons (Fsp3) is 0.538. The van der Waals surface area contributed by atoms with E-state index < -0.39 is 0 Å². The molecule has 1 unspecified atom stereocenters. The third kappa shape index (κ3) is 2.83. The molecule has 0 aromatic heterocycles. The minimum Gasteiger partial charge on any atom is -0.314 e. The number of hydrogen-bond acceptors (Lipinski definition) is 1. The van der Waals surface area contributed by atoms with Gasteiger partial charge in [-0.05, 0) is 65.9 Å². The highest BCUT2D eigenvalue weighted by Gasteiger charge is 2.16. The third-order valence-electron chi connectivity index (χ3n) is 3.13. The van der Waals surface area contributed by atoms with Crippen molar-refractivity contribution in [1.82, 2.24) is 5.32 Å². The van der Waals surface area contributed by atoms with E-state index in [2.05, 4.69) is 27.3 Å². The van der Waals surface area contributed by atoms with Crippen LogP contribution in [0.2, 0.25) is 0 Å². The van der Waals surface area contributed by atoms with Gasteiger partial charge in [-0.25, -0.2) is 4.39 Å². The van der Waals surface area contributed by atoms with Crippen molar-refractivity contribution < 1.29 is 4.39 Å². The normalized spacial score (nSPS) is 21.1. The second kappa shape index (κ2) is 5.28. The monoisotopic (exact) mass is 285 g/mol. The van der Waals surface area contributed by atoms with E-state index in [4.69, 9.17) is 0 Å². The standard InChI is InChI=1S/C13H17BrFN/c1-9-6-10(13(14)12(15)7-9)8-11-4-2-3-5-16-11/h6-7,11,16H,2-5,8H2,1H3. The molecule has 0 radical (unpaired) electrons. The second-order valence-corrected chi connectivity index (χ2v) is 5.36. The SMILES string of the molecule is Cc1cc(F)c(Br)c(CC2CCCCN2)c1. The van der Waals surface area contributed by atoms with Gasteiger partial charge in [0.2, 0.25) is 0 Å². The molecule has 1 atom stereocenters. The van der Waals surface area contributed by atoms with Gasteiger partial charge >= 0.3 is 0 Å². The van der Waals surface area contributed by atoms with Gasteiger partial charge in [0.05, 0.1) is 4.47 Å². The Morgan fingerprint density at radius 3 is 2.94 bits per heavy atom. The van der Waals surface area contributed by atoms with Gasteiger partial charge in [-0.1, -0.05) is 12.5 Å². The molecule has 2 rings (SSSR count). The zero-order valence-corrected chi connectivity index (χ0v) is 11.1. The lowest BCUT2D eigenvalue weighted by atomic mass is 9.97. The van der Waals surface area contributed by atoms with Crippen LogP contribution in [-0.4, -0.2) is 12.6 Å². The van der Waals surface area contributed by atoms with Gasteiger partial charge in [-0.3, -0.25) is 0 Å². The molecular formula is C13H17BrFN. The lowest BCUT2D eigenvalue weighted by Crippen LogP contribution is -2.35. The van der Waals surface area contributed by atoms with E-state index in [0.29, 0.717) is 10.5 Å². The summed E-state index contributed by atoms with van der Waals surface area (Å²) in [7, 11) is 0. The molecule has 88 valence electrons. The van der Waals surface area contributed by atoms with Gasteiger partial charge in [0.25, 0.3) is 0 Å². The average Bonchev–Trinajstić information content (AvgIpc) is 2.27. The molecule has 1 aromatic carbocycles. The summed E-state index contributed by atoms with van der Waals surface area (Å²) in [4.78, 5) is 0. The molecule has 1 saturated heterocycles. The molecule has 0 bridgehead atoms. The van der Waals surface area contributed by atoms with Gasteiger partial charge < -0.3 is 5.32 Å². The summed E-state index contributed by atoms with van der Waals surface area (Å²) in [5, 5.41) is 3.49. The molecule has 1 N–H and O–H groups in total. The summed E-state index contributed by atoms with van der Waals surface area (Å²) in [6.07, 6.45) is 4.66. The fourth-order valence-corrected chi connectivity index (χ4v) is 2.70. The quantitative estimate of drug-likeness (QED) is 0.876. The van der Waals surface area contributed by atoms with Gasteiger partial charge in [-0.2, -0.15) is 0 Å². The summed E-state index contributed by atoms with van der Waals surface area (Å²) in [5.74, 6) is -0.147. The summed E-state index contributed by atoms with van der Waals surface area (Å²) in [6, 6.07) is 4.15. The number of aryl methyl sites for hydroxylation is 1. The van der Waals surface area contributed by atoms with Crippen molar-refractivity contribution in [3.8, 4) is 0 Å². The number of nitrogens with one attached hydrogen (secondary N) is 1. The van der Waals surface area contributed by atoms with Crippen LogP contribution in [0, 0.1) is 12.7 Å². The predicted octanol–water partition coefficient (Wildman–Crippen LogP) is 3.58. The van der Waals surface area contributed by atoms with Gasteiger partial charge in [-0.15, -0.1) is 0 Å². The fourth-order valence-electron chi connectivity index (χ4n) is 2.31. The van der Waals surface area contributed by atoms with Crippen LogP contribution >= 0.6 is 15.9 Å². The van der Waals surface area contributed by atoms with E-state index in [1.54, 1.807) is 6.07 Å². The second-order valence-electron chi connectivity index (χ2n) is 4.57. The van der Waals surface area contributed by atoms with Crippen molar-refractivity contribution in [2.24, 2.45) is 0 Å². The molecule has 3 heteroatoms. The molecule has 1 fully saturated rings. The summed E-state index contributed by atoms with van der Waals surface area (Å²) < 4.78 is 14.2. The smallest absolute Gasteiger partial charge is 0.137 e. The predicted molar refractivity (Wildman–Crippen MR) is 68.2 cm³/mol. The van der Waals surface area contributed by atoms with E-state index in [-0.39, 0.29) is 5.82 Å². The summed E-state index contributed by atoms with van der Waals surface area (Å²) >= 11 is 3.34. The lowest BCUT2D eigenvalue weighted by molar-refractivity contribution is 0.398. The maximum atomic E-state index is 13.5. The summed E-state index contributed by atoms with van der Waals surface area (Å²) in [6.45, 7) is 3.03. The van der Waals surface area contributed by atoms with Crippen molar-refractivity contribution in [3.63, 3.8) is 0 Å². The Labute approximate surface area is 105 Å². The first-order valence-electron chi connectivity index (χ1n) is 5.84. The highest BCUT2D eigenvalue weighted by molar-refractivity contribution is 9.10. The number of benzene rings is 1. The molecule has 1 aromatic rings.